The zero-order valence-electron chi connectivity index (χ0n) is 10.5. The highest BCUT2D eigenvalue weighted by Crippen LogP contribution is 2.18. The fourth-order valence-corrected chi connectivity index (χ4v) is 2.52. The van der Waals surface area contributed by atoms with Crippen molar-refractivity contribution in [2.24, 2.45) is 5.73 Å². The van der Waals surface area contributed by atoms with Crippen molar-refractivity contribution in [3.8, 4) is 0 Å². The predicted octanol–water partition coefficient (Wildman–Crippen LogP) is 2.81. The lowest BCUT2D eigenvalue weighted by Crippen LogP contribution is -2.50. The molecule has 1 fully saturated rings. The zero-order chi connectivity index (χ0) is 11.1. The summed E-state index contributed by atoms with van der Waals surface area (Å²) in [5, 5.41) is 3.70. The van der Waals surface area contributed by atoms with Crippen molar-refractivity contribution >= 4 is 0 Å². The van der Waals surface area contributed by atoms with Crippen LogP contribution in [0.4, 0.5) is 0 Å². The Balaban J connectivity index is 2.15. The van der Waals surface area contributed by atoms with Gasteiger partial charge in [-0.25, -0.2) is 0 Å². The van der Waals surface area contributed by atoms with Gasteiger partial charge in [-0.1, -0.05) is 39.0 Å². The third-order valence-corrected chi connectivity index (χ3v) is 3.56. The first-order valence-electron chi connectivity index (χ1n) is 6.75. The third-order valence-electron chi connectivity index (χ3n) is 3.56. The van der Waals surface area contributed by atoms with E-state index in [-0.39, 0.29) is 0 Å². The molecular formula is C13H28N2. The molecule has 90 valence electrons. The topological polar surface area (TPSA) is 38.0 Å². The molecule has 0 aromatic rings. The summed E-state index contributed by atoms with van der Waals surface area (Å²) in [6.07, 6.45) is 10.5. The Hall–Kier alpha value is -0.0800. The summed E-state index contributed by atoms with van der Waals surface area (Å²) >= 11 is 0. The maximum Gasteiger partial charge on any atom is 0.0221 e. The molecule has 0 saturated heterocycles. The summed E-state index contributed by atoms with van der Waals surface area (Å²) in [4.78, 5) is 0. The van der Waals surface area contributed by atoms with Crippen LogP contribution in [0.2, 0.25) is 0 Å². The van der Waals surface area contributed by atoms with Crippen LogP contribution in [0, 0.1) is 0 Å². The van der Waals surface area contributed by atoms with Crippen molar-refractivity contribution in [3.05, 3.63) is 0 Å². The number of unbranched alkanes of at least 4 members (excludes halogenated alkanes) is 2. The van der Waals surface area contributed by atoms with E-state index < -0.39 is 0 Å². The fraction of sp³-hybridized carbons (Fsp3) is 1.00. The van der Waals surface area contributed by atoms with Gasteiger partial charge in [0.1, 0.15) is 0 Å². The Morgan fingerprint density at radius 1 is 1.27 bits per heavy atom. The molecule has 0 aliphatic heterocycles. The standard InChI is InChI=1S/C13H28N2/c1-3-4-5-8-11(2)15-13-10-7-6-9-12(13)14/h11-13,15H,3-10,14H2,1-2H3/t11?,12-,13-/m1/s1. The van der Waals surface area contributed by atoms with Crippen LogP contribution in [0.5, 0.6) is 0 Å². The van der Waals surface area contributed by atoms with Crippen molar-refractivity contribution in [1.29, 1.82) is 0 Å². The van der Waals surface area contributed by atoms with Crippen LogP contribution in [0.15, 0.2) is 0 Å². The molecule has 0 amide bonds. The first kappa shape index (κ1) is 13.0. The van der Waals surface area contributed by atoms with E-state index in [1.165, 1.54) is 51.4 Å². The molecule has 0 radical (unpaired) electrons. The Morgan fingerprint density at radius 2 is 2.00 bits per heavy atom. The molecule has 15 heavy (non-hydrogen) atoms. The summed E-state index contributed by atoms with van der Waals surface area (Å²) in [7, 11) is 0. The predicted molar refractivity (Wildman–Crippen MR) is 67.0 cm³/mol. The highest BCUT2D eigenvalue weighted by molar-refractivity contribution is 4.85. The second kappa shape index (κ2) is 7.24. The normalized spacial score (nSPS) is 29.0. The molecule has 0 aromatic carbocycles. The molecule has 1 rings (SSSR count). The van der Waals surface area contributed by atoms with E-state index in [0.717, 1.165) is 0 Å². The summed E-state index contributed by atoms with van der Waals surface area (Å²) in [6.45, 7) is 4.56. The van der Waals surface area contributed by atoms with Gasteiger partial charge in [-0.3, -0.25) is 0 Å². The number of nitrogens with two attached hydrogens (primary N) is 1. The van der Waals surface area contributed by atoms with Gasteiger partial charge >= 0.3 is 0 Å². The van der Waals surface area contributed by atoms with Gasteiger partial charge in [0.25, 0.3) is 0 Å². The first-order valence-corrected chi connectivity index (χ1v) is 6.75. The van der Waals surface area contributed by atoms with Gasteiger partial charge < -0.3 is 11.1 Å². The molecule has 3 N–H and O–H groups in total. The fourth-order valence-electron chi connectivity index (χ4n) is 2.52. The molecule has 3 atom stereocenters. The molecule has 2 heteroatoms. The SMILES string of the molecule is CCCCCC(C)N[C@@H]1CCCC[C@H]1N. The van der Waals surface area contributed by atoms with Crippen LogP contribution >= 0.6 is 0 Å². The van der Waals surface area contributed by atoms with Crippen LogP contribution < -0.4 is 11.1 Å². The maximum absolute atomic E-state index is 6.12. The largest absolute Gasteiger partial charge is 0.326 e. The van der Waals surface area contributed by atoms with E-state index in [0.29, 0.717) is 18.1 Å². The van der Waals surface area contributed by atoms with Crippen molar-refractivity contribution in [2.45, 2.75) is 83.3 Å². The summed E-state index contributed by atoms with van der Waals surface area (Å²) < 4.78 is 0. The molecule has 1 unspecified atom stereocenters. The number of nitrogens with one attached hydrogen (secondary N) is 1. The van der Waals surface area contributed by atoms with Crippen molar-refractivity contribution in [2.75, 3.05) is 0 Å². The molecule has 0 heterocycles. The van der Waals surface area contributed by atoms with E-state index in [4.69, 9.17) is 5.73 Å². The summed E-state index contributed by atoms with van der Waals surface area (Å²) in [6, 6.07) is 1.62. The van der Waals surface area contributed by atoms with Crippen LogP contribution in [0.1, 0.15) is 65.2 Å². The second-order valence-electron chi connectivity index (χ2n) is 5.12. The molecule has 0 aromatic heterocycles. The van der Waals surface area contributed by atoms with Crippen LogP contribution in [-0.2, 0) is 0 Å². The first-order chi connectivity index (χ1) is 7.24. The van der Waals surface area contributed by atoms with Crippen molar-refractivity contribution < 1.29 is 0 Å². The molecule has 2 nitrogen and oxygen atoms in total. The minimum atomic E-state index is 0.396. The molecule has 1 aliphatic carbocycles. The van der Waals surface area contributed by atoms with Crippen LogP contribution in [0.25, 0.3) is 0 Å². The highest BCUT2D eigenvalue weighted by Gasteiger charge is 2.22. The van der Waals surface area contributed by atoms with Gasteiger partial charge in [-0.05, 0) is 26.2 Å². The summed E-state index contributed by atoms with van der Waals surface area (Å²) in [5.74, 6) is 0. The third kappa shape index (κ3) is 4.98. The van der Waals surface area contributed by atoms with E-state index in [1.807, 2.05) is 0 Å². The Bertz CT molecular complexity index is 159. The van der Waals surface area contributed by atoms with E-state index in [1.54, 1.807) is 0 Å². The van der Waals surface area contributed by atoms with Crippen LogP contribution in [-0.4, -0.2) is 18.1 Å². The quantitative estimate of drug-likeness (QED) is 0.664. The monoisotopic (exact) mass is 212 g/mol. The van der Waals surface area contributed by atoms with Gasteiger partial charge in [0.2, 0.25) is 0 Å². The smallest absolute Gasteiger partial charge is 0.0221 e. The Morgan fingerprint density at radius 3 is 2.67 bits per heavy atom. The Labute approximate surface area is 95.0 Å². The zero-order valence-corrected chi connectivity index (χ0v) is 10.5. The molecule has 0 bridgehead atoms. The van der Waals surface area contributed by atoms with Gasteiger partial charge in [0.15, 0.2) is 0 Å². The van der Waals surface area contributed by atoms with Crippen molar-refractivity contribution in [1.82, 2.24) is 5.32 Å². The van der Waals surface area contributed by atoms with Gasteiger partial charge in [0, 0.05) is 18.1 Å². The number of hydrogen-bond donors (Lipinski definition) is 2. The minimum absolute atomic E-state index is 0.396. The average molecular weight is 212 g/mol. The summed E-state index contributed by atoms with van der Waals surface area (Å²) in [5.41, 5.74) is 6.12. The Kier molecular flexibility index (Phi) is 6.26. The van der Waals surface area contributed by atoms with E-state index in [9.17, 15) is 0 Å². The highest BCUT2D eigenvalue weighted by atomic mass is 15.0. The van der Waals surface area contributed by atoms with Gasteiger partial charge in [-0.2, -0.15) is 0 Å². The molecule has 1 saturated carbocycles. The lowest BCUT2D eigenvalue weighted by atomic mass is 9.90. The van der Waals surface area contributed by atoms with Gasteiger partial charge in [-0.15, -0.1) is 0 Å². The molecule has 0 spiro atoms. The van der Waals surface area contributed by atoms with Crippen LogP contribution in [0.3, 0.4) is 0 Å². The number of hydrogen-bond acceptors (Lipinski definition) is 2. The van der Waals surface area contributed by atoms with Gasteiger partial charge in [0.05, 0.1) is 0 Å². The van der Waals surface area contributed by atoms with E-state index in [2.05, 4.69) is 19.2 Å². The van der Waals surface area contributed by atoms with Crippen molar-refractivity contribution in [3.63, 3.8) is 0 Å². The molecule has 1 aliphatic rings. The number of rotatable bonds is 6. The lowest BCUT2D eigenvalue weighted by Gasteiger charge is -2.32. The molecular weight excluding hydrogens is 184 g/mol. The minimum Gasteiger partial charge on any atom is -0.326 e. The second-order valence-corrected chi connectivity index (χ2v) is 5.12. The average Bonchev–Trinajstić information content (AvgIpc) is 2.22. The maximum atomic E-state index is 6.12. The lowest BCUT2D eigenvalue weighted by molar-refractivity contribution is 0.297. The van der Waals surface area contributed by atoms with E-state index >= 15 is 0 Å².